The molecule has 0 saturated heterocycles. The number of H-pyrrole nitrogens is 1. The molecule has 84 valence electrons. The number of rotatable bonds is 4. The molecule has 0 atom stereocenters. The van der Waals surface area contributed by atoms with E-state index in [4.69, 9.17) is 0 Å². The number of aromatic nitrogens is 2. The first kappa shape index (κ1) is 10.8. The Morgan fingerprint density at radius 1 is 1.25 bits per heavy atom. The van der Waals surface area contributed by atoms with Crippen LogP contribution >= 0.6 is 0 Å². The summed E-state index contributed by atoms with van der Waals surface area (Å²) in [5, 5.41) is 6.06. The molecular weight excluding hydrogens is 226 g/mol. The highest BCUT2D eigenvalue weighted by Gasteiger charge is 2.14. The van der Waals surface area contributed by atoms with Crippen molar-refractivity contribution in [2.24, 2.45) is 0 Å². The molecule has 0 unspecified atom stereocenters. The van der Waals surface area contributed by atoms with Crippen LogP contribution in [0.15, 0.2) is 47.6 Å². The van der Waals surface area contributed by atoms with Crippen molar-refractivity contribution in [2.75, 3.05) is 0 Å². The third-order valence-corrected chi connectivity index (χ3v) is 3.46. The van der Waals surface area contributed by atoms with E-state index < -0.39 is 10.0 Å². The average molecular weight is 237 g/mol. The monoisotopic (exact) mass is 237 g/mol. The Labute approximate surface area is 93.6 Å². The van der Waals surface area contributed by atoms with Gasteiger partial charge in [-0.3, -0.25) is 5.10 Å². The van der Waals surface area contributed by atoms with Crippen molar-refractivity contribution in [1.82, 2.24) is 14.9 Å². The standard InChI is InChI=1S/C10H11N3O2S/c14-16(15,10-7-11-12-8-10)13-6-9-4-2-1-3-5-9/h1-5,7-8,13H,6H2,(H,11,12). The maximum atomic E-state index is 11.7. The molecule has 5 nitrogen and oxygen atoms in total. The molecular formula is C10H11N3O2S. The molecule has 1 aromatic carbocycles. The molecule has 1 aromatic heterocycles. The van der Waals surface area contributed by atoms with E-state index in [2.05, 4.69) is 14.9 Å². The summed E-state index contributed by atoms with van der Waals surface area (Å²) in [5.74, 6) is 0. The maximum absolute atomic E-state index is 11.7. The second-order valence-corrected chi connectivity index (χ2v) is 5.01. The van der Waals surface area contributed by atoms with Crippen LogP contribution in [0, 0.1) is 0 Å². The molecule has 0 radical (unpaired) electrons. The summed E-state index contributed by atoms with van der Waals surface area (Å²) in [6, 6.07) is 9.33. The Morgan fingerprint density at radius 2 is 2.00 bits per heavy atom. The average Bonchev–Trinajstić information content (AvgIpc) is 2.82. The van der Waals surface area contributed by atoms with E-state index in [1.807, 2.05) is 30.3 Å². The Balaban J connectivity index is 2.07. The van der Waals surface area contributed by atoms with Gasteiger partial charge >= 0.3 is 0 Å². The first-order chi connectivity index (χ1) is 7.68. The van der Waals surface area contributed by atoms with Gasteiger partial charge in [0.1, 0.15) is 4.90 Å². The molecule has 16 heavy (non-hydrogen) atoms. The molecule has 0 aliphatic heterocycles. The van der Waals surface area contributed by atoms with E-state index in [-0.39, 0.29) is 11.4 Å². The smallest absolute Gasteiger partial charge is 0.243 e. The van der Waals surface area contributed by atoms with Gasteiger partial charge in [-0.25, -0.2) is 13.1 Å². The minimum Gasteiger partial charge on any atom is -0.284 e. The predicted octanol–water partition coefficient (Wildman–Crippen LogP) is 0.888. The van der Waals surface area contributed by atoms with Gasteiger partial charge in [-0.1, -0.05) is 30.3 Å². The third kappa shape index (κ3) is 2.47. The van der Waals surface area contributed by atoms with Crippen molar-refractivity contribution in [3.05, 3.63) is 48.3 Å². The van der Waals surface area contributed by atoms with Crippen molar-refractivity contribution in [1.29, 1.82) is 0 Å². The van der Waals surface area contributed by atoms with Crippen LogP contribution in [0.4, 0.5) is 0 Å². The first-order valence-corrected chi connectivity index (χ1v) is 6.19. The molecule has 0 fully saturated rings. The van der Waals surface area contributed by atoms with Crippen LogP contribution in [0.25, 0.3) is 0 Å². The molecule has 0 aliphatic rings. The van der Waals surface area contributed by atoms with Crippen molar-refractivity contribution < 1.29 is 8.42 Å². The summed E-state index contributed by atoms with van der Waals surface area (Å²) in [6.45, 7) is 0.272. The number of hydrogen-bond donors (Lipinski definition) is 2. The lowest BCUT2D eigenvalue weighted by molar-refractivity contribution is 0.581. The molecule has 0 saturated carbocycles. The van der Waals surface area contributed by atoms with Crippen LogP contribution in [0.5, 0.6) is 0 Å². The molecule has 6 heteroatoms. The first-order valence-electron chi connectivity index (χ1n) is 4.71. The summed E-state index contributed by atoms with van der Waals surface area (Å²) in [4.78, 5) is 0.142. The van der Waals surface area contributed by atoms with Crippen LogP contribution in [-0.4, -0.2) is 18.6 Å². The highest BCUT2D eigenvalue weighted by Crippen LogP contribution is 2.06. The fourth-order valence-corrected chi connectivity index (χ4v) is 2.17. The van der Waals surface area contributed by atoms with Crippen molar-refractivity contribution in [3.8, 4) is 0 Å². The van der Waals surface area contributed by atoms with Crippen molar-refractivity contribution in [3.63, 3.8) is 0 Å². The minimum absolute atomic E-state index is 0.142. The van der Waals surface area contributed by atoms with E-state index in [0.29, 0.717) is 0 Å². The number of sulfonamides is 1. The summed E-state index contributed by atoms with van der Waals surface area (Å²) in [6.07, 6.45) is 2.61. The Kier molecular flexibility index (Phi) is 3.02. The van der Waals surface area contributed by atoms with Gasteiger partial charge in [-0.15, -0.1) is 0 Å². The lowest BCUT2D eigenvalue weighted by atomic mass is 10.2. The molecule has 0 aliphatic carbocycles. The third-order valence-electron chi connectivity index (χ3n) is 2.09. The second kappa shape index (κ2) is 4.46. The van der Waals surface area contributed by atoms with Crippen LogP contribution in [-0.2, 0) is 16.6 Å². The summed E-state index contributed by atoms with van der Waals surface area (Å²) < 4.78 is 25.9. The molecule has 0 amide bonds. The van der Waals surface area contributed by atoms with E-state index in [1.165, 1.54) is 12.4 Å². The van der Waals surface area contributed by atoms with Gasteiger partial charge in [-0.2, -0.15) is 5.10 Å². The summed E-state index contributed by atoms with van der Waals surface area (Å²) >= 11 is 0. The number of benzene rings is 1. The summed E-state index contributed by atoms with van der Waals surface area (Å²) in [5.41, 5.74) is 0.912. The lowest BCUT2D eigenvalue weighted by Gasteiger charge is -2.04. The highest BCUT2D eigenvalue weighted by atomic mass is 32.2. The van der Waals surface area contributed by atoms with Crippen molar-refractivity contribution in [2.45, 2.75) is 11.4 Å². The number of nitrogens with zero attached hydrogens (tertiary/aromatic N) is 1. The maximum Gasteiger partial charge on any atom is 0.243 e. The van der Waals surface area contributed by atoms with Crippen LogP contribution in [0.3, 0.4) is 0 Å². The van der Waals surface area contributed by atoms with Gasteiger partial charge in [0.05, 0.1) is 6.20 Å². The van der Waals surface area contributed by atoms with Crippen LogP contribution in [0.1, 0.15) is 5.56 Å². The van der Waals surface area contributed by atoms with Gasteiger partial charge in [0.15, 0.2) is 0 Å². The zero-order chi connectivity index (χ0) is 11.4. The van der Waals surface area contributed by atoms with Crippen LogP contribution < -0.4 is 4.72 Å². The van der Waals surface area contributed by atoms with Gasteiger partial charge in [0.2, 0.25) is 10.0 Å². The van der Waals surface area contributed by atoms with Crippen molar-refractivity contribution >= 4 is 10.0 Å². The normalized spacial score (nSPS) is 11.5. The van der Waals surface area contributed by atoms with E-state index in [1.54, 1.807) is 0 Å². The zero-order valence-electron chi connectivity index (χ0n) is 8.42. The quantitative estimate of drug-likeness (QED) is 0.829. The highest BCUT2D eigenvalue weighted by molar-refractivity contribution is 7.89. The fourth-order valence-electron chi connectivity index (χ4n) is 1.24. The fraction of sp³-hybridized carbons (Fsp3) is 0.100. The van der Waals surface area contributed by atoms with Gasteiger partial charge in [0, 0.05) is 12.7 Å². The number of aromatic amines is 1. The Morgan fingerprint density at radius 3 is 2.62 bits per heavy atom. The summed E-state index contributed by atoms with van der Waals surface area (Å²) in [7, 11) is -3.46. The largest absolute Gasteiger partial charge is 0.284 e. The Bertz CT molecular complexity index is 535. The Hall–Kier alpha value is -1.66. The predicted molar refractivity (Wildman–Crippen MR) is 59.1 cm³/mol. The topological polar surface area (TPSA) is 74.8 Å². The zero-order valence-corrected chi connectivity index (χ0v) is 9.24. The molecule has 1 heterocycles. The molecule has 0 spiro atoms. The SMILES string of the molecule is O=S(=O)(NCc1ccccc1)c1cn[nH]c1. The molecule has 2 aromatic rings. The van der Waals surface area contributed by atoms with E-state index >= 15 is 0 Å². The van der Waals surface area contributed by atoms with Gasteiger partial charge in [0.25, 0.3) is 0 Å². The second-order valence-electron chi connectivity index (χ2n) is 3.24. The van der Waals surface area contributed by atoms with Gasteiger partial charge in [-0.05, 0) is 5.56 Å². The molecule has 0 bridgehead atoms. The van der Waals surface area contributed by atoms with Gasteiger partial charge < -0.3 is 0 Å². The molecule has 2 N–H and O–H groups in total. The number of nitrogens with one attached hydrogen (secondary N) is 2. The van der Waals surface area contributed by atoms with Crippen LogP contribution in [0.2, 0.25) is 0 Å². The van der Waals surface area contributed by atoms with E-state index in [9.17, 15) is 8.42 Å². The molecule has 2 rings (SSSR count). The minimum atomic E-state index is -3.46. The number of hydrogen-bond acceptors (Lipinski definition) is 3. The van der Waals surface area contributed by atoms with E-state index in [0.717, 1.165) is 5.56 Å². The lowest BCUT2D eigenvalue weighted by Crippen LogP contribution is -2.22.